The van der Waals surface area contributed by atoms with Gasteiger partial charge in [0.15, 0.2) is 17.2 Å². The van der Waals surface area contributed by atoms with Gasteiger partial charge in [-0.25, -0.2) is 0 Å². The number of hydrogen-bond acceptors (Lipinski definition) is 8. The molecule has 1 aromatic carbocycles. The zero-order valence-corrected chi connectivity index (χ0v) is 26.7. The van der Waals surface area contributed by atoms with E-state index >= 15 is 0 Å². The number of rotatable bonds is 7. The van der Waals surface area contributed by atoms with Crippen molar-refractivity contribution in [3.63, 3.8) is 0 Å². The summed E-state index contributed by atoms with van der Waals surface area (Å²) in [5, 5.41) is 46.9. The number of aliphatic hydroxyl groups excluding tert-OH is 2. The second-order valence-corrected chi connectivity index (χ2v) is 14.5. The minimum atomic E-state index is -2.78. The molecule has 2 fully saturated rings. The maximum atomic E-state index is 14.8. The molecule has 6 atom stereocenters. The van der Waals surface area contributed by atoms with Crippen molar-refractivity contribution in [2.45, 2.75) is 104 Å². The lowest BCUT2D eigenvalue weighted by molar-refractivity contribution is -0.199. The summed E-state index contributed by atoms with van der Waals surface area (Å²) in [6.07, 6.45) is 6.57. The van der Waals surface area contributed by atoms with Crippen LogP contribution in [0.4, 0.5) is 0 Å². The van der Waals surface area contributed by atoms with Crippen molar-refractivity contribution < 1.29 is 39.6 Å². The van der Waals surface area contributed by atoms with Crippen LogP contribution in [0.5, 0.6) is 5.75 Å². The summed E-state index contributed by atoms with van der Waals surface area (Å²) in [6.45, 7) is 9.86. The van der Waals surface area contributed by atoms with Crippen LogP contribution in [0.1, 0.15) is 110 Å². The third-order valence-corrected chi connectivity index (χ3v) is 12.0. The Bertz CT molecular complexity index is 1490. The first-order valence-electron chi connectivity index (χ1n) is 16.1. The number of aromatic hydroxyl groups is 1. The van der Waals surface area contributed by atoms with Crippen LogP contribution in [0.15, 0.2) is 35.1 Å². The molecule has 1 aromatic rings. The first-order chi connectivity index (χ1) is 20.6. The lowest BCUT2D eigenvalue weighted by Crippen LogP contribution is -2.73. The maximum absolute atomic E-state index is 14.8. The molecule has 238 valence electrons. The highest BCUT2D eigenvalue weighted by Gasteiger charge is 2.76. The van der Waals surface area contributed by atoms with Crippen molar-refractivity contribution in [1.29, 1.82) is 0 Å². The van der Waals surface area contributed by atoms with Gasteiger partial charge in [0.25, 0.3) is 0 Å². The largest absolute Gasteiger partial charge is 0.508 e. The topological polar surface area (TPSA) is 149 Å². The van der Waals surface area contributed by atoms with E-state index in [2.05, 4.69) is 0 Å². The van der Waals surface area contributed by atoms with Gasteiger partial charge in [0.05, 0.1) is 5.56 Å². The van der Waals surface area contributed by atoms with Crippen LogP contribution in [0.2, 0.25) is 0 Å². The van der Waals surface area contributed by atoms with E-state index < -0.39 is 74.5 Å². The molecular weight excluding hydrogens is 560 g/mol. The first kappa shape index (κ1) is 32.1. The maximum Gasteiger partial charge on any atom is 0.203 e. The van der Waals surface area contributed by atoms with Gasteiger partial charge in [-0.15, -0.1) is 0 Å². The van der Waals surface area contributed by atoms with Crippen LogP contribution in [-0.2, 0) is 19.2 Å². The highest BCUT2D eigenvalue weighted by atomic mass is 16.3. The Kier molecular flexibility index (Phi) is 8.01. The number of benzene rings is 1. The van der Waals surface area contributed by atoms with E-state index in [0.29, 0.717) is 17.9 Å². The van der Waals surface area contributed by atoms with Crippen LogP contribution in [-0.4, -0.2) is 49.2 Å². The van der Waals surface area contributed by atoms with Gasteiger partial charge in [0, 0.05) is 35.2 Å². The van der Waals surface area contributed by atoms with Crippen LogP contribution in [0.25, 0.3) is 5.76 Å². The molecular formula is C36H46O8. The molecule has 5 rings (SSSR count). The molecule has 4 aliphatic carbocycles. The van der Waals surface area contributed by atoms with Crippen molar-refractivity contribution in [1.82, 2.24) is 0 Å². The van der Waals surface area contributed by atoms with Crippen molar-refractivity contribution in [2.75, 3.05) is 0 Å². The van der Waals surface area contributed by atoms with E-state index in [4.69, 9.17) is 0 Å². The molecule has 4 N–H and O–H groups in total. The van der Waals surface area contributed by atoms with Gasteiger partial charge in [-0.2, -0.15) is 0 Å². The Labute approximate surface area is 259 Å². The SMILES string of the molecule is CC(=O)C1=C(O)[C@]2(O)C(=O)C3=C(O)c4c(O)cccc4[C@@H](C)[C@]3(C)[C@@H](CC(=O)CCC3CCCCC3)[C@]2(C)C(C(C)C)C1=O. The molecule has 8 nitrogen and oxygen atoms in total. The van der Waals surface area contributed by atoms with Crippen molar-refractivity contribution in [2.24, 2.45) is 34.5 Å². The molecule has 0 aromatic heterocycles. The minimum absolute atomic E-state index is 0.0537. The molecule has 44 heavy (non-hydrogen) atoms. The number of Topliss-reactive ketones (excluding diaryl/α,β-unsaturated/α-hetero) is 4. The van der Waals surface area contributed by atoms with E-state index in [1.54, 1.807) is 39.8 Å². The van der Waals surface area contributed by atoms with Crippen molar-refractivity contribution in [3.05, 3.63) is 46.2 Å². The van der Waals surface area contributed by atoms with E-state index in [0.717, 1.165) is 39.0 Å². The fraction of sp³-hybridized carbons (Fsp3) is 0.611. The van der Waals surface area contributed by atoms with Crippen LogP contribution in [0.3, 0.4) is 0 Å². The Morgan fingerprint density at radius 3 is 2.25 bits per heavy atom. The van der Waals surface area contributed by atoms with Crippen molar-refractivity contribution >= 4 is 28.9 Å². The van der Waals surface area contributed by atoms with Gasteiger partial charge in [-0.05, 0) is 48.6 Å². The van der Waals surface area contributed by atoms with Gasteiger partial charge < -0.3 is 20.4 Å². The fourth-order valence-corrected chi connectivity index (χ4v) is 9.68. The average Bonchev–Trinajstić information content (AvgIpc) is 2.96. The summed E-state index contributed by atoms with van der Waals surface area (Å²) < 4.78 is 0. The number of aliphatic hydroxyl groups is 3. The fourth-order valence-electron chi connectivity index (χ4n) is 9.68. The number of carbonyl (C=O) groups is 4. The molecule has 2 saturated carbocycles. The first-order valence-corrected chi connectivity index (χ1v) is 16.1. The molecule has 0 saturated heterocycles. The summed E-state index contributed by atoms with van der Waals surface area (Å²) >= 11 is 0. The average molecular weight is 607 g/mol. The summed E-state index contributed by atoms with van der Waals surface area (Å²) in [5.41, 5.74) is -6.01. The van der Waals surface area contributed by atoms with Gasteiger partial charge in [-0.3, -0.25) is 19.2 Å². The van der Waals surface area contributed by atoms with Gasteiger partial charge in [-0.1, -0.05) is 78.9 Å². The number of carbonyl (C=O) groups excluding carboxylic acids is 4. The Balaban J connectivity index is 1.78. The molecule has 0 aliphatic heterocycles. The number of allylic oxidation sites excluding steroid dienone is 1. The predicted molar refractivity (Wildman–Crippen MR) is 165 cm³/mol. The van der Waals surface area contributed by atoms with E-state index in [-0.39, 0.29) is 29.1 Å². The zero-order chi connectivity index (χ0) is 32.5. The van der Waals surface area contributed by atoms with Crippen molar-refractivity contribution in [3.8, 4) is 5.75 Å². The predicted octanol–water partition coefficient (Wildman–Crippen LogP) is 6.30. The molecule has 0 amide bonds. The molecule has 8 heteroatoms. The standard InChI is InChI=1S/C36H46O8/c1-18(2)28-30(40)26(20(4)37)32(42)36(44)33(43)29-31(41)27-23(13-10-14-24(27)39)19(3)34(29,5)25(35(28,36)6)17-22(38)16-15-21-11-8-7-9-12-21/h10,13-14,18-19,21,25,28,39,41-42,44H,7-9,11-12,15-17H2,1-6H3/t19-,25-,28?,34-,35-,36+/m1/s1. The smallest absolute Gasteiger partial charge is 0.203 e. The van der Waals surface area contributed by atoms with Crippen LogP contribution < -0.4 is 0 Å². The highest BCUT2D eigenvalue weighted by Crippen LogP contribution is 2.71. The Hall–Kier alpha value is -3.26. The normalized spacial score (nSPS) is 34.1. The number of hydrogen-bond donors (Lipinski definition) is 4. The minimum Gasteiger partial charge on any atom is -0.508 e. The molecule has 0 heterocycles. The van der Waals surface area contributed by atoms with E-state index in [1.165, 1.54) is 12.5 Å². The van der Waals surface area contributed by atoms with Gasteiger partial charge in [0.1, 0.15) is 28.6 Å². The zero-order valence-electron chi connectivity index (χ0n) is 26.7. The second kappa shape index (κ2) is 11.0. The quantitative estimate of drug-likeness (QED) is 0.264. The summed E-state index contributed by atoms with van der Waals surface area (Å²) in [7, 11) is 0. The number of fused-ring (bicyclic) bond motifs is 3. The number of phenols is 1. The summed E-state index contributed by atoms with van der Waals surface area (Å²) in [4.78, 5) is 55.6. The number of ketones is 4. The third kappa shape index (κ3) is 4.19. The molecule has 4 aliphatic rings. The molecule has 0 bridgehead atoms. The van der Waals surface area contributed by atoms with Crippen LogP contribution in [0, 0.1) is 34.5 Å². The van der Waals surface area contributed by atoms with Crippen LogP contribution >= 0.6 is 0 Å². The number of phenolic OH excluding ortho intramolecular Hbond substituents is 1. The highest BCUT2D eigenvalue weighted by molar-refractivity contribution is 6.24. The molecule has 1 unspecified atom stereocenters. The molecule has 0 radical (unpaired) electrons. The summed E-state index contributed by atoms with van der Waals surface area (Å²) in [5.74, 6) is -6.94. The van der Waals surface area contributed by atoms with E-state index in [9.17, 15) is 39.6 Å². The monoisotopic (exact) mass is 606 g/mol. The third-order valence-electron chi connectivity index (χ3n) is 12.0. The Morgan fingerprint density at radius 2 is 1.66 bits per heavy atom. The second-order valence-electron chi connectivity index (χ2n) is 14.5. The van der Waals surface area contributed by atoms with Gasteiger partial charge in [0.2, 0.25) is 5.78 Å². The lowest BCUT2D eigenvalue weighted by atomic mass is 9.37. The lowest BCUT2D eigenvalue weighted by Gasteiger charge is -2.65. The Morgan fingerprint density at radius 1 is 1.02 bits per heavy atom. The van der Waals surface area contributed by atoms with E-state index in [1.807, 2.05) is 6.92 Å². The summed E-state index contributed by atoms with van der Waals surface area (Å²) in [6, 6.07) is 4.79. The van der Waals surface area contributed by atoms with Gasteiger partial charge >= 0.3 is 0 Å². The molecule has 0 spiro atoms.